The monoisotopic (exact) mass is 630 g/mol. The molecule has 7 rings (SSSR count). The van der Waals surface area contributed by atoms with Gasteiger partial charge < -0.3 is 33.7 Å². The van der Waals surface area contributed by atoms with Gasteiger partial charge in [0.05, 0.1) is 52.6 Å². The number of benzene rings is 3. The van der Waals surface area contributed by atoms with Crippen molar-refractivity contribution in [2.75, 3.05) is 34.7 Å². The SMILES string of the molecule is COc1cc([C@@H]2c3cc4c(cc3[C@@H](NC(=O)c3cn(Cc5ccc(C)c(F)c5)nn3)[C@H]3COC(=O)[C@H]23)OCO4)cc(OC)c1OC. The van der Waals surface area contributed by atoms with Crippen LogP contribution in [0.4, 0.5) is 4.39 Å². The molecular weight excluding hydrogens is 599 g/mol. The van der Waals surface area contributed by atoms with Crippen molar-refractivity contribution in [3.8, 4) is 28.7 Å². The number of aryl methyl sites for hydroxylation is 1. The van der Waals surface area contributed by atoms with Crippen molar-refractivity contribution in [1.82, 2.24) is 20.3 Å². The highest BCUT2D eigenvalue weighted by molar-refractivity contribution is 5.92. The molecule has 0 spiro atoms. The molecule has 1 N–H and O–H groups in total. The molecule has 3 aliphatic rings. The molecule has 1 saturated heterocycles. The molecule has 0 unspecified atom stereocenters. The maximum absolute atomic E-state index is 14.1. The van der Waals surface area contributed by atoms with E-state index in [2.05, 4.69) is 15.6 Å². The van der Waals surface area contributed by atoms with Gasteiger partial charge in [-0.1, -0.05) is 17.3 Å². The average Bonchev–Trinajstić information content (AvgIpc) is 3.81. The summed E-state index contributed by atoms with van der Waals surface area (Å²) in [6, 6.07) is 11.6. The molecule has 1 aromatic heterocycles. The van der Waals surface area contributed by atoms with Crippen LogP contribution in [0.25, 0.3) is 0 Å². The number of carbonyl (C=O) groups is 2. The van der Waals surface area contributed by atoms with E-state index in [0.717, 1.165) is 16.7 Å². The van der Waals surface area contributed by atoms with Crippen LogP contribution in [0, 0.1) is 24.6 Å². The highest BCUT2D eigenvalue weighted by Gasteiger charge is 2.53. The quantitative estimate of drug-likeness (QED) is 0.286. The van der Waals surface area contributed by atoms with Gasteiger partial charge in [-0.25, -0.2) is 9.07 Å². The van der Waals surface area contributed by atoms with Crippen LogP contribution in [0.5, 0.6) is 28.7 Å². The molecule has 1 fully saturated rings. The van der Waals surface area contributed by atoms with Gasteiger partial charge >= 0.3 is 5.97 Å². The Kier molecular flexibility index (Phi) is 7.38. The van der Waals surface area contributed by atoms with Crippen LogP contribution in [0.15, 0.2) is 48.7 Å². The minimum atomic E-state index is -0.659. The van der Waals surface area contributed by atoms with Crippen molar-refractivity contribution in [3.63, 3.8) is 0 Å². The van der Waals surface area contributed by atoms with E-state index in [1.54, 1.807) is 19.1 Å². The zero-order valence-electron chi connectivity index (χ0n) is 25.5. The van der Waals surface area contributed by atoms with Crippen molar-refractivity contribution in [2.45, 2.75) is 25.4 Å². The van der Waals surface area contributed by atoms with Gasteiger partial charge in [-0.15, -0.1) is 5.10 Å². The van der Waals surface area contributed by atoms with Crippen molar-refractivity contribution in [3.05, 3.63) is 88.0 Å². The van der Waals surface area contributed by atoms with E-state index >= 15 is 0 Å². The van der Waals surface area contributed by atoms with Gasteiger partial charge in [0.25, 0.3) is 5.91 Å². The van der Waals surface area contributed by atoms with Crippen LogP contribution in [0.3, 0.4) is 0 Å². The molecular formula is C33H31FN4O8. The molecule has 13 heteroatoms. The molecule has 0 saturated carbocycles. The second-order valence-electron chi connectivity index (χ2n) is 11.4. The summed E-state index contributed by atoms with van der Waals surface area (Å²) < 4.78 is 49.4. The third kappa shape index (κ3) is 4.91. The first-order valence-electron chi connectivity index (χ1n) is 14.7. The van der Waals surface area contributed by atoms with Gasteiger partial charge in [0.1, 0.15) is 5.82 Å². The third-order valence-electron chi connectivity index (χ3n) is 8.87. The van der Waals surface area contributed by atoms with E-state index in [0.29, 0.717) is 39.9 Å². The van der Waals surface area contributed by atoms with E-state index in [1.165, 1.54) is 38.3 Å². The molecule has 3 aromatic carbocycles. The highest BCUT2D eigenvalue weighted by atomic mass is 19.1. The molecule has 4 atom stereocenters. The Morgan fingerprint density at radius 3 is 2.39 bits per heavy atom. The minimum Gasteiger partial charge on any atom is -0.493 e. The van der Waals surface area contributed by atoms with Crippen LogP contribution in [-0.4, -0.2) is 61.6 Å². The lowest BCUT2D eigenvalue weighted by Crippen LogP contribution is -2.43. The normalized spacial score (nSPS) is 20.8. The molecule has 4 aromatic rings. The van der Waals surface area contributed by atoms with E-state index in [1.807, 2.05) is 24.3 Å². The second kappa shape index (κ2) is 11.5. The van der Waals surface area contributed by atoms with Crippen LogP contribution >= 0.6 is 0 Å². The number of carbonyl (C=O) groups excluding carboxylic acids is 2. The molecule has 1 amide bonds. The summed E-state index contributed by atoms with van der Waals surface area (Å²) in [7, 11) is 4.58. The number of methoxy groups -OCH3 is 3. The van der Waals surface area contributed by atoms with Gasteiger partial charge in [-0.05, 0) is 65.1 Å². The maximum Gasteiger partial charge on any atom is 0.310 e. The molecule has 0 radical (unpaired) electrons. The number of cyclic esters (lactones) is 1. The zero-order valence-corrected chi connectivity index (χ0v) is 25.5. The summed E-state index contributed by atoms with van der Waals surface area (Å²) in [6.07, 6.45) is 1.50. The van der Waals surface area contributed by atoms with Crippen molar-refractivity contribution in [1.29, 1.82) is 0 Å². The lowest BCUT2D eigenvalue weighted by Gasteiger charge is -2.39. The Bertz CT molecular complexity index is 1830. The number of ether oxygens (including phenoxy) is 6. The number of rotatable bonds is 8. The Morgan fingerprint density at radius 1 is 1.00 bits per heavy atom. The summed E-state index contributed by atoms with van der Waals surface area (Å²) in [5.41, 5.74) is 3.54. The predicted molar refractivity (Wildman–Crippen MR) is 159 cm³/mol. The van der Waals surface area contributed by atoms with Gasteiger partial charge in [-0.3, -0.25) is 9.59 Å². The lowest BCUT2D eigenvalue weighted by atomic mass is 9.65. The number of aromatic nitrogens is 3. The molecule has 3 heterocycles. The fourth-order valence-corrected chi connectivity index (χ4v) is 6.65. The van der Waals surface area contributed by atoms with Crippen molar-refractivity contribution in [2.24, 2.45) is 11.8 Å². The van der Waals surface area contributed by atoms with Gasteiger partial charge in [-0.2, -0.15) is 0 Å². The average molecular weight is 631 g/mol. The van der Waals surface area contributed by atoms with Gasteiger partial charge in [0.15, 0.2) is 28.7 Å². The Morgan fingerprint density at radius 2 is 1.72 bits per heavy atom. The number of amides is 1. The minimum absolute atomic E-state index is 0.0486. The molecule has 238 valence electrons. The second-order valence-corrected chi connectivity index (χ2v) is 11.4. The molecule has 12 nitrogen and oxygen atoms in total. The number of hydrogen-bond donors (Lipinski definition) is 1. The first-order valence-corrected chi connectivity index (χ1v) is 14.7. The highest BCUT2D eigenvalue weighted by Crippen LogP contribution is 2.55. The van der Waals surface area contributed by atoms with Crippen LogP contribution < -0.4 is 29.0 Å². The van der Waals surface area contributed by atoms with Crippen LogP contribution in [0.2, 0.25) is 0 Å². The maximum atomic E-state index is 14.1. The summed E-state index contributed by atoms with van der Waals surface area (Å²) in [6.45, 7) is 2.06. The molecule has 0 bridgehead atoms. The number of nitrogens with one attached hydrogen (secondary N) is 1. The van der Waals surface area contributed by atoms with E-state index < -0.39 is 29.7 Å². The lowest BCUT2D eigenvalue weighted by molar-refractivity contribution is -0.141. The predicted octanol–water partition coefficient (Wildman–Crippen LogP) is 3.93. The number of nitrogens with zero attached hydrogens (tertiary/aromatic N) is 3. The Hall–Kier alpha value is -5.33. The van der Waals surface area contributed by atoms with Crippen molar-refractivity contribution < 1.29 is 42.4 Å². The summed E-state index contributed by atoms with van der Waals surface area (Å²) in [4.78, 5) is 27.1. The summed E-state index contributed by atoms with van der Waals surface area (Å²) in [5, 5.41) is 11.2. The Labute approximate surface area is 263 Å². The van der Waals surface area contributed by atoms with Gasteiger partial charge in [0, 0.05) is 11.8 Å². The van der Waals surface area contributed by atoms with E-state index in [9.17, 15) is 14.0 Å². The summed E-state index contributed by atoms with van der Waals surface area (Å²) in [5.74, 6) is -0.422. The zero-order chi connectivity index (χ0) is 32.1. The first kappa shape index (κ1) is 29.4. The number of halogens is 1. The number of fused-ring (bicyclic) bond motifs is 3. The fraction of sp³-hybridized carbons (Fsp3) is 0.333. The van der Waals surface area contributed by atoms with Crippen LogP contribution in [0.1, 0.15) is 50.3 Å². The van der Waals surface area contributed by atoms with Gasteiger partial charge in [0.2, 0.25) is 12.5 Å². The molecule has 46 heavy (non-hydrogen) atoms. The molecule has 1 aliphatic carbocycles. The Balaban J connectivity index is 1.26. The topological polar surface area (TPSA) is 132 Å². The summed E-state index contributed by atoms with van der Waals surface area (Å²) >= 11 is 0. The molecule has 2 aliphatic heterocycles. The standard InChI is InChI=1S/C33H31FN4O8/c1-16-5-6-17(7-22(16)34)12-38-13-23(36-37-38)32(39)35-30-20-11-25-24(45-15-46-25)10-19(20)28(29-21(30)14-44-33(29)40)18-8-26(41-2)31(43-4)27(9-18)42-3/h5-11,13,21,28-30H,12,14-15H2,1-4H3,(H,35,39)/t21-,28+,29-,30+/m0/s1. The largest absolute Gasteiger partial charge is 0.493 e. The first-order chi connectivity index (χ1) is 22.3. The van der Waals surface area contributed by atoms with Crippen LogP contribution in [-0.2, 0) is 16.1 Å². The third-order valence-corrected chi connectivity index (χ3v) is 8.87. The fourth-order valence-electron chi connectivity index (χ4n) is 6.65. The number of hydrogen-bond acceptors (Lipinski definition) is 10. The van der Waals surface area contributed by atoms with E-state index in [-0.39, 0.29) is 37.4 Å². The number of esters is 1. The van der Waals surface area contributed by atoms with Crippen molar-refractivity contribution >= 4 is 11.9 Å². The smallest absolute Gasteiger partial charge is 0.310 e. The van der Waals surface area contributed by atoms with E-state index in [4.69, 9.17) is 28.4 Å².